The number of carbonyl (C=O) groups is 1. The predicted octanol–water partition coefficient (Wildman–Crippen LogP) is 3.55. The molecule has 2 N–H and O–H groups in total. The van der Waals surface area contributed by atoms with Crippen LogP contribution < -0.4 is 5.32 Å². The van der Waals surface area contributed by atoms with Gasteiger partial charge in [-0.05, 0) is 30.7 Å². The van der Waals surface area contributed by atoms with E-state index in [1.807, 2.05) is 25.1 Å². The minimum atomic E-state index is -0.996. The highest BCUT2D eigenvalue weighted by Gasteiger charge is 2.08. The van der Waals surface area contributed by atoms with Crippen LogP contribution in [-0.4, -0.2) is 11.1 Å². The molecule has 1 aromatic heterocycles. The van der Waals surface area contributed by atoms with E-state index < -0.39 is 5.97 Å². The smallest absolute Gasteiger partial charge is 0.338 e. The Morgan fingerprint density at radius 1 is 1.50 bits per heavy atom. The number of carboxylic acids is 1. The number of anilines is 1. The molecule has 0 spiro atoms. The number of benzene rings is 1. The third kappa shape index (κ3) is 2.65. The summed E-state index contributed by atoms with van der Waals surface area (Å²) in [6.07, 6.45) is 1.23. The SMILES string of the molecule is Cc1c(Cl)cccc1NCc1cc(C(=O)O)co1. The quantitative estimate of drug-likeness (QED) is 0.887. The number of hydrogen-bond donors (Lipinski definition) is 2. The van der Waals surface area contributed by atoms with Gasteiger partial charge in [0.1, 0.15) is 12.0 Å². The molecule has 0 atom stereocenters. The largest absolute Gasteiger partial charge is 0.478 e. The third-order valence-electron chi connectivity index (χ3n) is 2.62. The summed E-state index contributed by atoms with van der Waals surface area (Å²) in [7, 11) is 0. The first-order valence-electron chi connectivity index (χ1n) is 5.37. The maximum atomic E-state index is 10.7. The lowest BCUT2D eigenvalue weighted by Gasteiger charge is -2.08. The number of aromatic carboxylic acids is 1. The van der Waals surface area contributed by atoms with E-state index in [-0.39, 0.29) is 5.56 Å². The van der Waals surface area contributed by atoms with Crippen molar-refractivity contribution in [3.63, 3.8) is 0 Å². The molecule has 0 saturated carbocycles. The molecule has 0 fully saturated rings. The van der Waals surface area contributed by atoms with Crippen LogP contribution in [0.4, 0.5) is 5.69 Å². The maximum Gasteiger partial charge on any atom is 0.338 e. The summed E-state index contributed by atoms with van der Waals surface area (Å²) in [6, 6.07) is 7.07. The summed E-state index contributed by atoms with van der Waals surface area (Å²) < 4.78 is 5.14. The molecule has 0 aliphatic rings. The average molecular weight is 266 g/mol. The van der Waals surface area contributed by atoms with Crippen molar-refractivity contribution in [1.82, 2.24) is 0 Å². The molecule has 4 nitrogen and oxygen atoms in total. The number of nitrogens with one attached hydrogen (secondary N) is 1. The summed E-state index contributed by atoms with van der Waals surface area (Å²) in [4.78, 5) is 10.7. The van der Waals surface area contributed by atoms with Gasteiger partial charge >= 0.3 is 5.97 Å². The van der Waals surface area contributed by atoms with Crippen molar-refractivity contribution in [1.29, 1.82) is 0 Å². The summed E-state index contributed by atoms with van der Waals surface area (Å²) in [5.74, 6) is -0.435. The molecule has 2 rings (SSSR count). The van der Waals surface area contributed by atoms with Crippen LogP contribution in [0.3, 0.4) is 0 Å². The minimum Gasteiger partial charge on any atom is -0.478 e. The summed E-state index contributed by atoms with van der Waals surface area (Å²) in [6.45, 7) is 2.32. The van der Waals surface area contributed by atoms with Crippen LogP contribution in [0, 0.1) is 6.92 Å². The second kappa shape index (κ2) is 5.14. The normalized spacial score (nSPS) is 10.3. The molecule has 0 radical (unpaired) electrons. The molecular formula is C13H12ClNO3. The Hall–Kier alpha value is -1.94. The van der Waals surface area contributed by atoms with E-state index in [2.05, 4.69) is 5.32 Å². The Kier molecular flexibility index (Phi) is 3.58. The molecule has 0 saturated heterocycles. The number of furan rings is 1. The molecule has 0 unspecified atom stereocenters. The van der Waals surface area contributed by atoms with E-state index in [9.17, 15) is 4.79 Å². The lowest BCUT2D eigenvalue weighted by atomic mass is 10.2. The molecule has 1 aromatic carbocycles. The Bertz CT molecular complexity index is 577. The molecule has 5 heteroatoms. The second-order valence-electron chi connectivity index (χ2n) is 3.87. The van der Waals surface area contributed by atoms with Gasteiger partial charge in [0.05, 0.1) is 12.1 Å². The fraction of sp³-hybridized carbons (Fsp3) is 0.154. The van der Waals surface area contributed by atoms with Crippen molar-refractivity contribution in [2.45, 2.75) is 13.5 Å². The molecule has 18 heavy (non-hydrogen) atoms. The standard InChI is InChI=1S/C13H12ClNO3/c1-8-11(14)3-2-4-12(8)15-6-10-5-9(7-18-10)13(16)17/h2-5,7,15H,6H2,1H3,(H,16,17). The van der Waals surface area contributed by atoms with E-state index >= 15 is 0 Å². The Morgan fingerprint density at radius 3 is 2.94 bits per heavy atom. The van der Waals surface area contributed by atoms with Crippen molar-refractivity contribution in [2.75, 3.05) is 5.32 Å². The van der Waals surface area contributed by atoms with Gasteiger partial charge in [0.15, 0.2) is 0 Å². The van der Waals surface area contributed by atoms with Crippen molar-refractivity contribution >= 4 is 23.3 Å². The lowest BCUT2D eigenvalue weighted by molar-refractivity contribution is 0.0696. The van der Waals surface area contributed by atoms with Crippen LogP contribution in [0.1, 0.15) is 21.7 Å². The number of halogens is 1. The monoisotopic (exact) mass is 265 g/mol. The minimum absolute atomic E-state index is 0.148. The first kappa shape index (κ1) is 12.5. The topological polar surface area (TPSA) is 62.5 Å². The van der Waals surface area contributed by atoms with Crippen molar-refractivity contribution < 1.29 is 14.3 Å². The number of rotatable bonds is 4. The third-order valence-corrected chi connectivity index (χ3v) is 3.03. The zero-order chi connectivity index (χ0) is 13.1. The Morgan fingerprint density at radius 2 is 2.28 bits per heavy atom. The van der Waals surface area contributed by atoms with Gasteiger partial charge in [-0.3, -0.25) is 0 Å². The molecule has 1 heterocycles. The highest BCUT2D eigenvalue weighted by molar-refractivity contribution is 6.31. The van der Waals surface area contributed by atoms with Crippen molar-refractivity contribution in [3.8, 4) is 0 Å². The predicted molar refractivity (Wildman–Crippen MR) is 69.2 cm³/mol. The maximum absolute atomic E-state index is 10.7. The van der Waals surface area contributed by atoms with E-state index in [1.54, 1.807) is 0 Å². The molecule has 0 aliphatic heterocycles. The first-order valence-corrected chi connectivity index (χ1v) is 5.75. The average Bonchev–Trinajstić information content (AvgIpc) is 2.80. The van der Waals surface area contributed by atoms with Gasteiger partial charge < -0.3 is 14.8 Å². The zero-order valence-electron chi connectivity index (χ0n) is 9.74. The van der Waals surface area contributed by atoms with Gasteiger partial charge in [0.25, 0.3) is 0 Å². The molecule has 0 amide bonds. The second-order valence-corrected chi connectivity index (χ2v) is 4.28. The van der Waals surface area contributed by atoms with E-state index in [0.29, 0.717) is 17.3 Å². The lowest BCUT2D eigenvalue weighted by Crippen LogP contribution is -2.00. The van der Waals surface area contributed by atoms with Gasteiger partial charge in [-0.2, -0.15) is 0 Å². The van der Waals surface area contributed by atoms with Crippen molar-refractivity contribution in [2.24, 2.45) is 0 Å². The molecule has 0 bridgehead atoms. The Labute approximate surface area is 109 Å². The van der Waals surface area contributed by atoms with Gasteiger partial charge in [-0.1, -0.05) is 17.7 Å². The fourth-order valence-corrected chi connectivity index (χ4v) is 1.74. The van der Waals surface area contributed by atoms with Gasteiger partial charge in [-0.25, -0.2) is 4.79 Å². The summed E-state index contributed by atoms with van der Waals surface area (Å²) in [5.41, 5.74) is 1.99. The van der Waals surface area contributed by atoms with Crippen LogP contribution in [0.2, 0.25) is 5.02 Å². The number of hydrogen-bond acceptors (Lipinski definition) is 3. The van der Waals surface area contributed by atoms with Gasteiger partial charge in [0, 0.05) is 10.7 Å². The molecule has 0 aliphatic carbocycles. The highest BCUT2D eigenvalue weighted by Crippen LogP contribution is 2.23. The highest BCUT2D eigenvalue weighted by atomic mass is 35.5. The fourth-order valence-electron chi connectivity index (χ4n) is 1.57. The summed E-state index contributed by atoms with van der Waals surface area (Å²) >= 11 is 6.00. The van der Waals surface area contributed by atoms with Crippen LogP contribution >= 0.6 is 11.6 Å². The van der Waals surface area contributed by atoms with Crippen molar-refractivity contribution in [3.05, 3.63) is 52.4 Å². The molecule has 2 aromatic rings. The molecular weight excluding hydrogens is 254 g/mol. The van der Waals surface area contributed by atoms with Gasteiger partial charge in [0.2, 0.25) is 0 Å². The first-order chi connectivity index (χ1) is 8.58. The molecule has 94 valence electrons. The van der Waals surface area contributed by atoms with E-state index in [4.69, 9.17) is 21.1 Å². The Balaban J connectivity index is 2.07. The van der Waals surface area contributed by atoms with Crippen LogP contribution in [0.15, 0.2) is 34.9 Å². The van der Waals surface area contributed by atoms with Crippen LogP contribution in [0.5, 0.6) is 0 Å². The van der Waals surface area contributed by atoms with Crippen LogP contribution in [0.25, 0.3) is 0 Å². The zero-order valence-corrected chi connectivity index (χ0v) is 10.5. The van der Waals surface area contributed by atoms with E-state index in [0.717, 1.165) is 11.3 Å². The van der Waals surface area contributed by atoms with Crippen LogP contribution in [-0.2, 0) is 6.54 Å². The number of carboxylic acid groups (broad SMARTS) is 1. The summed E-state index contributed by atoms with van der Waals surface area (Å²) in [5, 5.41) is 12.6. The van der Waals surface area contributed by atoms with Gasteiger partial charge in [-0.15, -0.1) is 0 Å². The van der Waals surface area contributed by atoms with E-state index in [1.165, 1.54) is 12.3 Å².